The molecule has 4 nitrogen and oxygen atoms in total. The lowest BCUT2D eigenvalue weighted by Gasteiger charge is -2.06. The summed E-state index contributed by atoms with van der Waals surface area (Å²) in [6.07, 6.45) is 5.50. The van der Waals surface area contributed by atoms with Crippen LogP contribution >= 0.6 is 22.7 Å². The van der Waals surface area contributed by atoms with E-state index in [0.717, 1.165) is 35.1 Å². The monoisotopic (exact) mass is 335 g/mol. The van der Waals surface area contributed by atoms with Gasteiger partial charge in [-0.1, -0.05) is 13.8 Å². The van der Waals surface area contributed by atoms with Crippen LogP contribution in [0.1, 0.15) is 57.6 Å². The summed E-state index contributed by atoms with van der Waals surface area (Å²) < 4.78 is 0. The fourth-order valence-electron chi connectivity index (χ4n) is 2.66. The van der Waals surface area contributed by atoms with Crippen LogP contribution in [-0.2, 0) is 19.3 Å². The van der Waals surface area contributed by atoms with E-state index in [1.807, 2.05) is 6.92 Å². The highest BCUT2D eigenvalue weighted by atomic mass is 32.1. The van der Waals surface area contributed by atoms with Crippen LogP contribution < -0.4 is 5.32 Å². The molecule has 2 aromatic heterocycles. The van der Waals surface area contributed by atoms with E-state index >= 15 is 0 Å². The van der Waals surface area contributed by atoms with Gasteiger partial charge in [-0.3, -0.25) is 10.1 Å². The number of rotatable bonds is 4. The first-order valence-corrected chi connectivity index (χ1v) is 9.42. The molecule has 1 aliphatic carbocycles. The van der Waals surface area contributed by atoms with Crippen molar-refractivity contribution in [1.82, 2.24) is 9.97 Å². The van der Waals surface area contributed by atoms with E-state index in [2.05, 4.69) is 29.1 Å². The van der Waals surface area contributed by atoms with Gasteiger partial charge in [0.05, 0.1) is 16.4 Å². The van der Waals surface area contributed by atoms with Gasteiger partial charge in [-0.05, 0) is 38.5 Å². The zero-order valence-electron chi connectivity index (χ0n) is 13.2. The fourth-order valence-corrected chi connectivity index (χ4v) is 4.88. The van der Waals surface area contributed by atoms with Gasteiger partial charge in [0.15, 0.2) is 5.13 Å². The highest BCUT2D eigenvalue weighted by molar-refractivity contribution is 7.16. The van der Waals surface area contributed by atoms with Crippen molar-refractivity contribution in [1.29, 1.82) is 0 Å². The molecule has 1 amide bonds. The van der Waals surface area contributed by atoms with Crippen LogP contribution in [0, 0.1) is 12.8 Å². The van der Waals surface area contributed by atoms with E-state index in [9.17, 15) is 4.79 Å². The van der Waals surface area contributed by atoms with Gasteiger partial charge >= 0.3 is 0 Å². The third-order valence-corrected chi connectivity index (χ3v) is 5.95. The fraction of sp³-hybridized carbons (Fsp3) is 0.562. The van der Waals surface area contributed by atoms with E-state index in [1.165, 1.54) is 34.7 Å². The molecule has 6 heteroatoms. The molecule has 0 radical (unpaired) electrons. The van der Waals surface area contributed by atoms with Gasteiger partial charge in [0.2, 0.25) is 0 Å². The summed E-state index contributed by atoms with van der Waals surface area (Å²) in [5.74, 6) is 0.475. The molecule has 0 spiro atoms. The Kier molecular flexibility index (Phi) is 4.59. The molecule has 0 aromatic carbocycles. The van der Waals surface area contributed by atoms with Gasteiger partial charge in [-0.2, -0.15) is 0 Å². The molecule has 0 unspecified atom stereocenters. The molecule has 0 aliphatic heterocycles. The van der Waals surface area contributed by atoms with Gasteiger partial charge in [-0.25, -0.2) is 9.97 Å². The van der Waals surface area contributed by atoms with Crippen molar-refractivity contribution >= 4 is 33.7 Å². The second-order valence-corrected chi connectivity index (χ2v) is 8.34. The van der Waals surface area contributed by atoms with Crippen LogP contribution in [0.5, 0.6) is 0 Å². The number of nitrogens with one attached hydrogen (secondary N) is 1. The summed E-state index contributed by atoms with van der Waals surface area (Å²) in [5, 5.41) is 4.73. The highest BCUT2D eigenvalue weighted by Gasteiger charge is 2.20. The molecule has 0 saturated carbocycles. The van der Waals surface area contributed by atoms with Crippen LogP contribution in [0.2, 0.25) is 0 Å². The number of carbonyl (C=O) groups excluding carboxylic acids is 1. The standard InChI is InChI=1S/C16H21N3OS2/c1-9(2)8-13-17-10(3)14(22-13)15(20)19-16-18-11-6-4-5-7-12(11)21-16/h9H,4-8H2,1-3H3,(H,18,19,20). The number of amides is 1. The third-order valence-electron chi connectivity index (χ3n) is 3.70. The Morgan fingerprint density at radius 3 is 2.73 bits per heavy atom. The molecule has 2 heterocycles. The van der Waals surface area contributed by atoms with E-state index in [1.54, 1.807) is 11.3 Å². The molecule has 22 heavy (non-hydrogen) atoms. The minimum atomic E-state index is -0.0731. The summed E-state index contributed by atoms with van der Waals surface area (Å²) in [7, 11) is 0. The maximum absolute atomic E-state index is 12.5. The van der Waals surface area contributed by atoms with Crippen molar-refractivity contribution in [2.45, 2.75) is 52.9 Å². The Morgan fingerprint density at radius 1 is 1.23 bits per heavy atom. The van der Waals surface area contributed by atoms with Crippen LogP contribution in [0.3, 0.4) is 0 Å². The summed E-state index contributed by atoms with van der Waals surface area (Å²) in [6, 6.07) is 0. The molecule has 0 atom stereocenters. The van der Waals surface area contributed by atoms with Crippen molar-refractivity contribution in [2.75, 3.05) is 5.32 Å². The molecule has 1 N–H and O–H groups in total. The Bertz CT molecular complexity index is 664. The number of aromatic nitrogens is 2. The van der Waals surface area contributed by atoms with Crippen LogP contribution in [0.25, 0.3) is 0 Å². The summed E-state index contributed by atoms with van der Waals surface area (Å²) in [5.41, 5.74) is 1.99. The van der Waals surface area contributed by atoms with Crippen molar-refractivity contribution in [3.05, 3.63) is 26.1 Å². The Balaban J connectivity index is 1.74. The van der Waals surface area contributed by atoms with Crippen LogP contribution in [-0.4, -0.2) is 15.9 Å². The molecule has 1 aliphatic rings. The lowest BCUT2D eigenvalue weighted by Crippen LogP contribution is -2.11. The number of carbonyl (C=O) groups is 1. The maximum Gasteiger partial charge on any atom is 0.269 e. The summed E-state index contributed by atoms with van der Waals surface area (Å²) >= 11 is 3.13. The van der Waals surface area contributed by atoms with Gasteiger partial charge in [-0.15, -0.1) is 22.7 Å². The molecule has 2 aromatic rings. The zero-order chi connectivity index (χ0) is 15.7. The number of fused-ring (bicyclic) bond motifs is 1. The molecule has 3 rings (SSSR count). The van der Waals surface area contributed by atoms with Crippen LogP contribution in [0.15, 0.2) is 0 Å². The molecule has 0 saturated heterocycles. The number of nitrogens with zero attached hydrogens (tertiary/aromatic N) is 2. The minimum absolute atomic E-state index is 0.0731. The van der Waals surface area contributed by atoms with E-state index < -0.39 is 0 Å². The summed E-state index contributed by atoms with van der Waals surface area (Å²) in [6.45, 7) is 6.23. The second kappa shape index (κ2) is 6.46. The molecular weight excluding hydrogens is 314 g/mol. The lowest BCUT2D eigenvalue weighted by atomic mass is 10.0. The first kappa shape index (κ1) is 15.6. The number of thiazole rings is 2. The molecular formula is C16H21N3OS2. The van der Waals surface area contributed by atoms with Gasteiger partial charge in [0, 0.05) is 11.3 Å². The maximum atomic E-state index is 12.5. The first-order valence-electron chi connectivity index (χ1n) is 7.79. The Morgan fingerprint density at radius 2 is 2.00 bits per heavy atom. The third kappa shape index (κ3) is 3.38. The normalized spacial score (nSPS) is 14.2. The SMILES string of the molecule is Cc1nc(CC(C)C)sc1C(=O)Nc1nc2c(s1)CCCC2. The predicted molar refractivity (Wildman–Crippen MR) is 92.1 cm³/mol. The van der Waals surface area contributed by atoms with Crippen molar-refractivity contribution in [3.63, 3.8) is 0 Å². The average molecular weight is 335 g/mol. The van der Waals surface area contributed by atoms with Crippen molar-refractivity contribution < 1.29 is 4.79 Å². The lowest BCUT2D eigenvalue weighted by molar-refractivity contribution is 0.103. The zero-order valence-corrected chi connectivity index (χ0v) is 14.9. The smallest absolute Gasteiger partial charge is 0.269 e. The van der Waals surface area contributed by atoms with Crippen molar-refractivity contribution in [2.24, 2.45) is 5.92 Å². The first-order chi connectivity index (χ1) is 10.5. The second-order valence-electron chi connectivity index (χ2n) is 6.17. The molecule has 0 fully saturated rings. The summed E-state index contributed by atoms with van der Waals surface area (Å²) in [4.78, 5) is 23.6. The number of aryl methyl sites for hydroxylation is 3. The van der Waals surface area contributed by atoms with Gasteiger partial charge in [0.1, 0.15) is 4.88 Å². The quantitative estimate of drug-likeness (QED) is 0.909. The average Bonchev–Trinajstić information content (AvgIpc) is 3.00. The number of hydrogen-bond acceptors (Lipinski definition) is 5. The largest absolute Gasteiger partial charge is 0.297 e. The van der Waals surface area contributed by atoms with Crippen LogP contribution in [0.4, 0.5) is 5.13 Å². The predicted octanol–water partition coefficient (Wildman–Crippen LogP) is 4.24. The van der Waals surface area contributed by atoms with E-state index in [4.69, 9.17) is 0 Å². The molecule has 0 bridgehead atoms. The minimum Gasteiger partial charge on any atom is -0.297 e. The topological polar surface area (TPSA) is 54.9 Å². The molecule has 118 valence electrons. The Labute approximate surface area is 139 Å². The van der Waals surface area contributed by atoms with E-state index in [0.29, 0.717) is 10.8 Å². The van der Waals surface area contributed by atoms with E-state index in [-0.39, 0.29) is 5.91 Å². The number of hydrogen-bond donors (Lipinski definition) is 1. The van der Waals surface area contributed by atoms with Gasteiger partial charge < -0.3 is 0 Å². The Hall–Kier alpha value is -1.27. The van der Waals surface area contributed by atoms with Crippen molar-refractivity contribution in [3.8, 4) is 0 Å². The number of anilines is 1. The van der Waals surface area contributed by atoms with Gasteiger partial charge in [0.25, 0.3) is 5.91 Å². The highest BCUT2D eigenvalue weighted by Crippen LogP contribution is 2.30.